The molecule has 0 amide bonds. The van der Waals surface area contributed by atoms with Gasteiger partial charge in [-0.05, 0) is 30.7 Å². The summed E-state index contributed by atoms with van der Waals surface area (Å²) in [5.41, 5.74) is 0. The Labute approximate surface area is 113 Å². The quantitative estimate of drug-likeness (QED) is 0.599. The normalized spacial score (nSPS) is 12.5. The third-order valence-corrected chi connectivity index (χ3v) is 3.81. The van der Waals surface area contributed by atoms with Crippen molar-refractivity contribution in [1.82, 2.24) is 5.32 Å². The Kier molecular flexibility index (Phi) is 5.36. The lowest BCUT2D eigenvalue weighted by atomic mass is 10.2. The number of benzene rings is 1. The SMILES string of the molecule is CCC(NCCSc1ccccc1)c1ccco1. The predicted molar refractivity (Wildman–Crippen MR) is 76.9 cm³/mol. The maximum absolute atomic E-state index is 5.43. The van der Waals surface area contributed by atoms with Crippen molar-refractivity contribution >= 4 is 11.8 Å². The smallest absolute Gasteiger partial charge is 0.120 e. The summed E-state index contributed by atoms with van der Waals surface area (Å²) in [6.45, 7) is 3.16. The van der Waals surface area contributed by atoms with Crippen LogP contribution in [0.4, 0.5) is 0 Å². The number of nitrogens with one attached hydrogen (secondary N) is 1. The Morgan fingerprint density at radius 2 is 2.00 bits per heavy atom. The van der Waals surface area contributed by atoms with E-state index in [-0.39, 0.29) is 0 Å². The predicted octanol–water partition coefficient (Wildman–Crippen LogP) is 4.11. The lowest BCUT2D eigenvalue weighted by Gasteiger charge is -2.14. The van der Waals surface area contributed by atoms with Gasteiger partial charge in [0.05, 0.1) is 12.3 Å². The van der Waals surface area contributed by atoms with Gasteiger partial charge < -0.3 is 9.73 Å². The van der Waals surface area contributed by atoms with Crippen LogP contribution in [-0.2, 0) is 0 Å². The molecule has 0 saturated heterocycles. The van der Waals surface area contributed by atoms with Crippen LogP contribution in [0.5, 0.6) is 0 Å². The number of hydrogen-bond donors (Lipinski definition) is 1. The summed E-state index contributed by atoms with van der Waals surface area (Å²) in [5, 5.41) is 3.53. The molecule has 1 atom stereocenters. The zero-order valence-corrected chi connectivity index (χ0v) is 11.5. The molecule has 2 aromatic rings. The maximum atomic E-state index is 5.43. The number of hydrogen-bond acceptors (Lipinski definition) is 3. The molecule has 2 nitrogen and oxygen atoms in total. The molecular formula is C15H19NOS. The second-order valence-electron chi connectivity index (χ2n) is 4.09. The summed E-state index contributed by atoms with van der Waals surface area (Å²) in [7, 11) is 0. The average Bonchev–Trinajstić information content (AvgIpc) is 2.94. The van der Waals surface area contributed by atoms with E-state index in [0.29, 0.717) is 6.04 Å². The second kappa shape index (κ2) is 7.29. The largest absolute Gasteiger partial charge is 0.468 e. The van der Waals surface area contributed by atoms with Gasteiger partial charge in [0.15, 0.2) is 0 Å². The first kappa shape index (κ1) is 13.2. The fourth-order valence-corrected chi connectivity index (χ4v) is 2.66. The molecule has 0 fully saturated rings. The van der Waals surface area contributed by atoms with Gasteiger partial charge in [0.25, 0.3) is 0 Å². The van der Waals surface area contributed by atoms with Crippen LogP contribution in [0, 0.1) is 0 Å². The van der Waals surface area contributed by atoms with Gasteiger partial charge in [-0.3, -0.25) is 0 Å². The number of rotatable bonds is 7. The minimum absolute atomic E-state index is 0.330. The molecule has 0 spiro atoms. The van der Waals surface area contributed by atoms with E-state index < -0.39 is 0 Å². The van der Waals surface area contributed by atoms with Crippen molar-refractivity contribution in [2.45, 2.75) is 24.3 Å². The summed E-state index contributed by atoms with van der Waals surface area (Å²) in [5.74, 6) is 2.10. The van der Waals surface area contributed by atoms with E-state index in [1.165, 1.54) is 4.90 Å². The van der Waals surface area contributed by atoms with Crippen LogP contribution in [0.1, 0.15) is 25.1 Å². The van der Waals surface area contributed by atoms with Gasteiger partial charge in [0.1, 0.15) is 5.76 Å². The standard InChI is InChI=1S/C15H19NOS/c1-2-14(15-9-6-11-17-15)16-10-12-18-13-7-4-3-5-8-13/h3-9,11,14,16H,2,10,12H2,1H3. The molecule has 1 N–H and O–H groups in total. The molecule has 0 aliphatic heterocycles. The lowest BCUT2D eigenvalue weighted by molar-refractivity contribution is 0.411. The third-order valence-electron chi connectivity index (χ3n) is 2.80. The number of furan rings is 1. The Morgan fingerprint density at radius 1 is 1.17 bits per heavy atom. The molecular weight excluding hydrogens is 242 g/mol. The molecule has 0 aliphatic carbocycles. The summed E-state index contributed by atoms with van der Waals surface area (Å²) in [6.07, 6.45) is 2.78. The van der Waals surface area contributed by atoms with Crippen molar-refractivity contribution in [1.29, 1.82) is 0 Å². The second-order valence-corrected chi connectivity index (χ2v) is 5.26. The van der Waals surface area contributed by atoms with Crippen LogP contribution in [0.15, 0.2) is 58.0 Å². The lowest BCUT2D eigenvalue weighted by Crippen LogP contribution is -2.22. The van der Waals surface area contributed by atoms with Gasteiger partial charge in [0, 0.05) is 17.2 Å². The van der Waals surface area contributed by atoms with Crippen LogP contribution >= 0.6 is 11.8 Å². The first-order chi connectivity index (χ1) is 8.90. The zero-order valence-electron chi connectivity index (χ0n) is 10.6. The maximum Gasteiger partial charge on any atom is 0.120 e. The molecule has 0 saturated carbocycles. The summed E-state index contributed by atoms with van der Waals surface area (Å²) < 4.78 is 5.43. The Morgan fingerprint density at radius 3 is 2.67 bits per heavy atom. The van der Waals surface area contributed by atoms with E-state index in [2.05, 4.69) is 36.5 Å². The molecule has 1 aromatic heterocycles. The topological polar surface area (TPSA) is 25.2 Å². The van der Waals surface area contributed by atoms with Crippen molar-refractivity contribution < 1.29 is 4.42 Å². The highest BCUT2D eigenvalue weighted by Gasteiger charge is 2.10. The van der Waals surface area contributed by atoms with Crippen molar-refractivity contribution in [3.05, 3.63) is 54.5 Å². The van der Waals surface area contributed by atoms with Gasteiger partial charge >= 0.3 is 0 Å². The van der Waals surface area contributed by atoms with E-state index in [1.54, 1.807) is 6.26 Å². The van der Waals surface area contributed by atoms with Crippen molar-refractivity contribution in [2.24, 2.45) is 0 Å². The first-order valence-electron chi connectivity index (χ1n) is 6.34. The Bertz CT molecular complexity index is 427. The van der Waals surface area contributed by atoms with Crippen LogP contribution in [0.25, 0.3) is 0 Å². The molecule has 1 unspecified atom stereocenters. The highest BCUT2D eigenvalue weighted by Crippen LogP contribution is 2.18. The van der Waals surface area contributed by atoms with E-state index >= 15 is 0 Å². The van der Waals surface area contributed by atoms with E-state index in [9.17, 15) is 0 Å². The summed E-state index contributed by atoms with van der Waals surface area (Å²) in [4.78, 5) is 1.32. The molecule has 2 rings (SSSR count). The first-order valence-corrected chi connectivity index (χ1v) is 7.33. The zero-order chi connectivity index (χ0) is 12.6. The van der Waals surface area contributed by atoms with Gasteiger partial charge in [-0.1, -0.05) is 25.1 Å². The minimum Gasteiger partial charge on any atom is -0.468 e. The van der Waals surface area contributed by atoms with E-state index in [4.69, 9.17) is 4.42 Å². The average molecular weight is 261 g/mol. The van der Waals surface area contributed by atoms with Crippen molar-refractivity contribution in [3.63, 3.8) is 0 Å². The molecule has 0 aliphatic rings. The molecule has 18 heavy (non-hydrogen) atoms. The Balaban J connectivity index is 1.71. The van der Waals surface area contributed by atoms with Crippen LogP contribution < -0.4 is 5.32 Å². The van der Waals surface area contributed by atoms with Crippen molar-refractivity contribution in [2.75, 3.05) is 12.3 Å². The molecule has 96 valence electrons. The van der Waals surface area contributed by atoms with Crippen molar-refractivity contribution in [3.8, 4) is 0 Å². The van der Waals surface area contributed by atoms with Gasteiger partial charge in [-0.2, -0.15) is 0 Å². The number of thioether (sulfide) groups is 1. The molecule has 1 aromatic carbocycles. The van der Waals surface area contributed by atoms with E-state index in [1.807, 2.05) is 30.0 Å². The molecule has 1 heterocycles. The highest BCUT2D eigenvalue weighted by molar-refractivity contribution is 7.99. The van der Waals surface area contributed by atoms with Crippen LogP contribution in [0.2, 0.25) is 0 Å². The molecule has 0 bridgehead atoms. The molecule has 3 heteroatoms. The van der Waals surface area contributed by atoms with Gasteiger partial charge in [-0.25, -0.2) is 0 Å². The molecule has 0 radical (unpaired) electrons. The highest BCUT2D eigenvalue weighted by atomic mass is 32.2. The Hall–Kier alpha value is -1.19. The monoisotopic (exact) mass is 261 g/mol. The van der Waals surface area contributed by atoms with Gasteiger partial charge in [0.2, 0.25) is 0 Å². The van der Waals surface area contributed by atoms with Crippen LogP contribution in [-0.4, -0.2) is 12.3 Å². The van der Waals surface area contributed by atoms with Gasteiger partial charge in [-0.15, -0.1) is 11.8 Å². The third kappa shape index (κ3) is 3.93. The summed E-state index contributed by atoms with van der Waals surface area (Å²) in [6, 6.07) is 14.8. The fraction of sp³-hybridized carbons (Fsp3) is 0.333. The van der Waals surface area contributed by atoms with Crippen LogP contribution in [0.3, 0.4) is 0 Å². The minimum atomic E-state index is 0.330. The van der Waals surface area contributed by atoms with E-state index in [0.717, 1.165) is 24.5 Å². The summed E-state index contributed by atoms with van der Waals surface area (Å²) >= 11 is 1.88. The fourth-order valence-electron chi connectivity index (χ4n) is 1.85.